The summed E-state index contributed by atoms with van der Waals surface area (Å²) in [5.41, 5.74) is 0.847. The molecule has 0 spiro atoms. The number of methoxy groups -OCH3 is 1. The lowest BCUT2D eigenvalue weighted by molar-refractivity contribution is 0.0607. The van der Waals surface area contributed by atoms with Gasteiger partial charge in [-0.15, -0.1) is 11.3 Å². The molecule has 1 N–H and O–H groups in total. The van der Waals surface area contributed by atoms with Crippen LogP contribution in [0.3, 0.4) is 0 Å². The fraction of sp³-hybridized carbons (Fsp3) is 0.348. The minimum atomic E-state index is -0.746. The average molecular weight is 476 g/mol. The van der Waals surface area contributed by atoms with E-state index in [1.165, 1.54) is 32.1 Å². The molecule has 1 aliphatic rings. The number of anilines is 1. The van der Waals surface area contributed by atoms with Gasteiger partial charge < -0.3 is 10.1 Å². The lowest BCUT2D eigenvalue weighted by atomic mass is 10.0. The maximum Gasteiger partial charge on any atom is 0.350 e. The number of halogens is 2. The maximum atomic E-state index is 14.2. The molecule has 168 valence electrons. The van der Waals surface area contributed by atoms with Crippen molar-refractivity contribution >= 4 is 50.7 Å². The van der Waals surface area contributed by atoms with E-state index in [9.17, 15) is 14.0 Å². The van der Waals surface area contributed by atoms with Crippen LogP contribution in [0.15, 0.2) is 30.3 Å². The van der Waals surface area contributed by atoms with Crippen molar-refractivity contribution in [1.29, 1.82) is 0 Å². The van der Waals surface area contributed by atoms with Gasteiger partial charge in [0.1, 0.15) is 15.5 Å². The normalized spacial score (nSPS) is 16.8. The lowest BCUT2D eigenvalue weighted by Crippen LogP contribution is -2.33. The molecule has 1 atom stereocenters. The summed E-state index contributed by atoms with van der Waals surface area (Å²) in [6, 6.07) is 7.72. The molecule has 6 nitrogen and oxygen atoms in total. The Bertz CT molecular complexity index is 1160. The molecule has 0 unspecified atom stereocenters. The molecule has 0 aliphatic carbocycles. The van der Waals surface area contributed by atoms with Crippen molar-refractivity contribution in [2.24, 2.45) is 5.92 Å². The molecular formula is C23H23ClFN3O3S. The van der Waals surface area contributed by atoms with Crippen LogP contribution in [-0.4, -0.2) is 42.0 Å². The van der Waals surface area contributed by atoms with Crippen molar-refractivity contribution < 1.29 is 18.7 Å². The number of hydrogen-bond donors (Lipinski definition) is 1. The SMILES string of the molecule is COC(=O)c1sc2nc(CN3CCC[C@H](C)C3)ccc2c1NC(=O)c1c(F)cccc1Cl. The highest BCUT2D eigenvalue weighted by Gasteiger charge is 2.25. The van der Waals surface area contributed by atoms with E-state index in [2.05, 4.69) is 17.1 Å². The van der Waals surface area contributed by atoms with Gasteiger partial charge >= 0.3 is 5.97 Å². The van der Waals surface area contributed by atoms with Crippen molar-refractivity contribution in [3.8, 4) is 0 Å². The van der Waals surface area contributed by atoms with Gasteiger partial charge in [0.15, 0.2) is 0 Å². The number of likely N-dealkylation sites (tertiary alicyclic amines) is 1. The number of nitrogens with zero attached hydrogens (tertiary/aromatic N) is 2. The van der Waals surface area contributed by atoms with Gasteiger partial charge in [0.2, 0.25) is 0 Å². The van der Waals surface area contributed by atoms with Gasteiger partial charge in [0, 0.05) is 18.5 Å². The van der Waals surface area contributed by atoms with E-state index in [0.29, 0.717) is 16.1 Å². The molecule has 1 aliphatic heterocycles. The van der Waals surface area contributed by atoms with Crippen LogP contribution in [0.4, 0.5) is 10.1 Å². The van der Waals surface area contributed by atoms with Crippen LogP contribution in [-0.2, 0) is 11.3 Å². The van der Waals surface area contributed by atoms with Crippen molar-refractivity contribution in [2.75, 3.05) is 25.5 Å². The third-order valence-corrected chi connectivity index (χ3v) is 6.93. The molecule has 1 fully saturated rings. The van der Waals surface area contributed by atoms with Gasteiger partial charge in [0.05, 0.1) is 29.1 Å². The van der Waals surface area contributed by atoms with Gasteiger partial charge in [0.25, 0.3) is 5.91 Å². The first kappa shape index (κ1) is 22.6. The van der Waals surface area contributed by atoms with Crippen LogP contribution >= 0.6 is 22.9 Å². The summed E-state index contributed by atoms with van der Waals surface area (Å²) >= 11 is 7.16. The number of carbonyl (C=O) groups is 2. The topological polar surface area (TPSA) is 71.5 Å². The summed E-state index contributed by atoms with van der Waals surface area (Å²) < 4.78 is 19.1. The van der Waals surface area contributed by atoms with Gasteiger partial charge in [-0.3, -0.25) is 9.69 Å². The van der Waals surface area contributed by atoms with Gasteiger partial charge in [-0.25, -0.2) is 14.2 Å². The van der Waals surface area contributed by atoms with Crippen LogP contribution in [0.2, 0.25) is 5.02 Å². The smallest absolute Gasteiger partial charge is 0.350 e. The van der Waals surface area contributed by atoms with Crippen LogP contribution in [0.1, 0.15) is 45.5 Å². The second kappa shape index (κ2) is 9.52. The Morgan fingerprint density at radius 2 is 2.16 bits per heavy atom. The van der Waals surface area contributed by atoms with E-state index in [-0.39, 0.29) is 21.2 Å². The fourth-order valence-electron chi connectivity index (χ4n) is 4.02. The van der Waals surface area contributed by atoms with Crippen LogP contribution in [0, 0.1) is 11.7 Å². The van der Waals surface area contributed by atoms with Crippen LogP contribution in [0.25, 0.3) is 10.2 Å². The average Bonchev–Trinajstić information content (AvgIpc) is 3.10. The molecule has 0 saturated carbocycles. The number of piperidine rings is 1. The number of fused-ring (bicyclic) bond motifs is 1. The monoisotopic (exact) mass is 475 g/mol. The van der Waals surface area contributed by atoms with Gasteiger partial charge in [-0.1, -0.05) is 24.6 Å². The molecule has 3 aromatic rings. The molecule has 0 radical (unpaired) electrons. The largest absolute Gasteiger partial charge is 0.465 e. The van der Waals surface area contributed by atoms with E-state index >= 15 is 0 Å². The Morgan fingerprint density at radius 3 is 2.88 bits per heavy atom. The molecule has 2 aromatic heterocycles. The molecule has 0 bridgehead atoms. The fourth-order valence-corrected chi connectivity index (χ4v) is 5.33. The Balaban J connectivity index is 1.67. The summed E-state index contributed by atoms with van der Waals surface area (Å²) in [4.78, 5) is 33.1. The van der Waals surface area contributed by atoms with Crippen molar-refractivity contribution in [3.05, 3.63) is 57.3 Å². The van der Waals surface area contributed by atoms with Crippen molar-refractivity contribution in [2.45, 2.75) is 26.3 Å². The number of nitrogens with one attached hydrogen (secondary N) is 1. The van der Waals surface area contributed by atoms with E-state index in [0.717, 1.165) is 42.7 Å². The Hall–Kier alpha value is -2.55. The van der Waals surface area contributed by atoms with Gasteiger partial charge in [-0.05, 0) is 49.6 Å². The zero-order chi connectivity index (χ0) is 22.8. The van der Waals surface area contributed by atoms with E-state index in [1.807, 2.05) is 12.1 Å². The number of esters is 1. The molecular weight excluding hydrogens is 453 g/mol. The zero-order valence-electron chi connectivity index (χ0n) is 17.8. The van der Waals surface area contributed by atoms with E-state index in [1.54, 1.807) is 0 Å². The quantitative estimate of drug-likeness (QED) is 0.503. The third-order valence-electron chi connectivity index (χ3n) is 5.54. The highest BCUT2D eigenvalue weighted by Crippen LogP contribution is 2.36. The van der Waals surface area contributed by atoms with E-state index < -0.39 is 17.7 Å². The molecule has 1 saturated heterocycles. The number of aromatic nitrogens is 1. The number of hydrogen-bond acceptors (Lipinski definition) is 6. The highest BCUT2D eigenvalue weighted by molar-refractivity contribution is 7.21. The number of thiophene rings is 1. The predicted molar refractivity (Wildman–Crippen MR) is 124 cm³/mol. The minimum absolute atomic E-state index is 0.0159. The first-order valence-electron chi connectivity index (χ1n) is 10.4. The number of rotatable bonds is 5. The Morgan fingerprint density at radius 1 is 1.34 bits per heavy atom. The maximum absolute atomic E-state index is 14.2. The molecule has 32 heavy (non-hydrogen) atoms. The molecule has 9 heteroatoms. The third kappa shape index (κ3) is 4.62. The number of benzene rings is 1. The predicted octanol–water partition coefficient (Wildman–Crippen LogP) is 5.36. The van der Waals surface area contributed by atoms with Crippen molar-refractivity contribution in [3.63, 3.8) is 0 Å². The zero-order valence-corrected chi connectivity index (χ0v) is 19.4. The summed E-state index contributed by atoms with van der Waals surface area (Å²) in [7, 11) is 1.27. The number of amides is 1. The standard InChI is InChI=1S/C23H23ClFN3O3S/c1-13-5-4-10-28(11-13)12-14-8-9-15-19(20(23(30)31-2)32-22(15)26-14)27-21(29)18-16(24)6-3-7-17(18)25/h3,6-9,13H,4-5,10-12H2,1-2H3,(H,27,29)/t13-/m0/s1. The first-order valence-corrected chi connectivity index (χ1v) is 11.5. The molecule has 4 rings (SSSR count). The van der Waals surface area contributed by atoms with Crippen LogP contribution in [0.5, 0.6) is 0 Å². The summed E-state index contributed by atoms with van der Waals surface area (Å²) in [5, 5.41) is 3.22. The van der Waals surface area contributed by atoms with Gasteiger partial charge in [-0.2, -0.15) is 0 Å². The second-order valence-electron chi connectivity index (χ2n) is 7.99. The lowest BCUT2D eigenvalue weighted by Gasteiger charge is -2.30. The first-order chi connectivity index (χ1) is 15.4. The Labute approximate surface area is 194 Å². The molecule has 1 aromatic carbocycles. The van der Waals surface area contributed by atoms with E-state index in [4.69, 9.17) is 21.3 Å². The second-order valence-corrected chi connectivity index (χ2v) is 9.39. The molecule has 3 heterocycles. The summed E-state index contributed by atoms with van der Waals surface area (Å²) in [6.45, 7) is 5.04. The summed E-state index contributed by atoms with van der Waals surface area (Å²) in [5.74, 6) is -1.43. The summed E-state index contributed by atoms with van der Waals surface area (Å²) in [6.07, 6.45) is 2.41. The van der Waals surface area contributed by atoms with Crippen LogP contribution < -0.4 is 5.32 Å². The number of carbonyl (C=O) groups excluding carboxylic acids is 2. The van der Waals surface area contributed by atoms with Crippen molar-refractivity contribution in [1.82, 2.24) is 9.88 Å². The Kier molecular flexibility index (Phi) is 6.74. The number of ether oxygens (including phenoxy) is 1. The highest BCUT2D eigenvalue weighted by atomic mass is 35.5. The minimum Gasteiger partial charge on any atom is -0.465 e. The number of pyridine rings is 1. The molecule has 1 amide bonds.